The van der Waals surface area contributed by atoms with Crippen molar-refractivity contribution in [2.24, 2.45) is 5.41 Å². The van der Waals surface area contributed by atoms with E-state index in [9.17, 15) is 18.4 Å². The third-order valence-electron chi connectivity index (χ3n) is 7.25. The number of nitrogens with one attached hydrogen (secondary N) is 2. The van der Waals surface area contributed by atoms with E-state index in [0.717, 1.165) is 0 Å². The van der Waals surface area contributed by atoms with Crippen molar-refractivity contribution in [3.8, 4) is 5.69 Å². The minimum Gasteiger partial charge on any atom is -0.378 e. The summed E-state index contributed by atoms with van der Waals surface area (Å²) in [5, 5.41) is 9.89. The van der Waals surface area contributed by atoms with Crippen LogP contribution in [-0.4, -0.2) is 97.5 Å². The number of nitrogens with zero attached hydrogens (tertiary/aromatic N) is 8. The molecule has 5 heterocycles. The van der Waals surface area contributed by atoms with Gasteiger partial charge in [-0.1, -0.05) is 27.4 Å². The van der Waals surface area contributed by atoms with E-state index in [4.69, 9.17) is 4.74 Å². The standard InChI is InChI=1S/C26H34F2N10O3/c1-5-19(40)36-7-6-17(21(36)26(2,3)4)32-18(39)13-29-22-20-23(34-25(33-22)35-8-10-41-11-9-35)37(15-30-20)16-12-31-38(14-16)24(27)28/h5,12,14-15,17,21,24H,1,6-11,13H2,2-4H3,(H,32,39)(H,29,33,34)/t17-,21-/m0/s1. The van der Waals surface area contributed by atoms with Gasteiger partial charge in [-0.15, -0.1) is 0 Å². The normalized spacial score (nSPS) is 19.7. The minimum atomic E-state index is -2.78. The molecule has 0 bridgehead atoms. The highest BCUT2D eigenvalue weighted by molar-refractivity contribution is 5.89. The van der Waals surface area contributed by atoms with Gasteiger partial charge in [0, 0.05) is 19.6 Å². The van der Waals surface area contributed by atoms with Gasteiger partial charge in [0.05, 0.1) is 49.9 Å². The summed E-state index contributed by atoms with van der Waals surface area (Å²) in [6.07, 6.45) is 5.89. The summed E-state index contributed by atoms with van der Waals surface area (Å²) in [7, 11) is 0. The SMILES string of the molecule is C=CC(=O)N1CC[C@H](NC(=O)CNc2nc(N3CCOCC3)nc3c2ncn3-c2cnn(C(F)F)c2)[C@H]1C(C)(C)C. The number of carbonyl (C=O) groups excluding carboxylic acids is 2. The monoisotopic (exact) mass is 572 g/mol. The van der Waals surface area contributed by atoms with Crippen LogP contribution in [0.25, 0.3) is 16.9 Å². The predicted octanol–water partition coefficient (Wildman–Crippen LogP) is 1.97. The van der Waals surface area contributed by atoms with E-state index in [-0.39, 0.29) is 35.9 Å². The molecule has 2 fully saturated rings. The molecule has 220 valence electrons. The van der Waals surface area contributed by atoms with Crippen molar-refractivity contribution >= 4 is 34.7 Å². The molecule has 2 N–H and O–H groups in total. The summed E-state index contributed by atoms with van der Waals surface area (Å²) in [4.78, 5) is 43.0. The van der Waals surface area contributed by atoms with Gasteiger partial charge in [-0.3, -0.25) is 14.2 Å². The van der Waals surface area contributed by atoms with Gasteiger partial charge in [-0.2, -0.15) is 23.8 Å². The zero-order valence-corrected chi connectivity index (χ0v) is 23.3. The number of carbonyl (C=O) groups is 2. The van der Waals surface area contributed by atoms with Crippen molar-refractivity contribution in [3.63, 3.8) is 0 Å². The number of imidazole rings is 1. The van der Waals surface area contributed by atoms with Crippen LogP contribution in [0.1, 0.15) is 33.7 Å². The summed E-state index contributed by atoms with van der Waals surface area (Å²) in [5.41, 5.74) is 0.838. The van der Waals surface area contributed by atoms with Crippen LogP contribution in [0.2, 0.25) is 0 Å². The molecule has 2 atom stereocenters. The molecular weight excluding hydrogens is 538 g/mol. The van der Waals surface area contributed by atoms with Crippen LogP contribution < -0.4 is 15.5 Å². The van der Waals surface area contributed by atoms with Crippen molar-refractivity contribution in [1.82, 2.24) is 39.5 Å². The van der Waals surface area contributed by atoms with Gasteiger partial charge in [-0.05, 0) is 17.9 Å². The minimum absolute atomic E-state index is 0.104. The summed E-state index contributed by atoms with van der Waals surface area (Å²) >= 11 is 0. The van der Waals surface area contributed by atoms with Gasteiger partial charge in [0.2, 0.25) is 17.8 Å². The molecule has 0 aromatic carbocycles. The summed E-state index contributed by atoms with van der Waals surface area (Å²) < 4.78 is 33.9. The molecule has 2 aliphatic rings. The summed E-state index contributed by atoms with van der Waals surface area (Å²) in [6, 6.07) is -0.423. The van der Waals surface area contributed by atoms with E-state index in [2.05, 4.69) is 37.3 Å². The first-order valence-electron chi connectivity index (χ1n) is 13.4. The fraction of sp³-hybridized carbons (Fsp3) is 0.538. The lowest BCUT2D eigenvalue weighted by molar-refractivity contribution is -0.129. The highest BCUT2D eigenvalue weighted by Crippen LogP contribution is 2.33. The van der Waals surface area contributed by atoms with Crippen molar-refractivity contribution in [2.75, 3.05) is 49.6 Å². The zero-order valence-electron chi connectivity index (χ0n) is 23.3. The summed E-state index contributed by atoms with van der Waals surface area (Å²) in [5.74, 6) is 0.297. The van der Waals surface area contributed by atoms with E-state index in [1.165, 1.54) is 24.8 Å². The Morgan fingerprint density at radius 2 is 1.98 bits per heavy atom. The second kappa shape index (κ2) is 11.4. The fourth-order valence-corrected chi connectivity index (χ4v) is 5.47. The average Bonchev–Trinajstić information content (AvgIpc) is 3.69. The van der Waals surface area contributed by atoms with Crippen LogP contribution in [0.15, 0.2) is 31.4 Å². The zero-order chi connectivity index (χ0) is 29.3. The maximum absolute atomic E-state index is 13.2. The number of rotatable bonds is 8. The molecule has 5 rings (SSSR count). The number of morpholine rings is 1. The number of hydrogen-bond donors (Lipinski definition) is 2. The molecule has 3 aromatic rings. The number of anilines is 2. The lowest BCUT2D eigenvalue weighted by Crippen LogP contribution is -2.53. The number of ether oxygens (including phenoxy) is 1. The van der Waals surface area contributed by atoms with E-state index in [1.54, 1.807) is 9.47 Å². The number of likely N-dealkylation sites (tertiary alicyclic amines) is 1. The Balaban J connectivity index is 1.39. The molecular formula is C26H34F2N10O3. The summed E-state index contributed by atoms with van der Waals surface area (Å²) in [6.45, 7) is 9.52. The first kappa shape index (κ1) is 28.4. The fourth-order valence-electron chi connectivity index (χ4n) is 5.47. The lowest BCUT2D eigenvalue weighted by Gasteiger charge is -2.38. The van der Waals surface area contributed by atoms with Crippen molar-refractivity contribution in [2.45, 2.75) is 45.8 Å². The smallest absolute Gasteiger partial charge is 0.333 e. The molecule has 2 amide bonds. The van der Waals surface area contributed by atoms with Gasteiger partial charge in [-0.25, -0.2) is 9.67 Å². The Labute approximate surface area is 235 Å². The Hall–Kier alpha value is -4.14. The van der Waals surface area contributed by atoms with E-state index < -0.39 is 6.55 Å². The van der Waals surface area contributed by atoms with Crippen molar-refractivity contribution in [3.05, 3.63) is 31.4 Å². The molecule has 13 nitrogen and oxygen atoms in total. The predicted molar refractivity (Wildman–Crippen MR) is 147 cm³/mol. The van der Waals surface area contributed by atoms with Gasteiger partial charge >= 0.3 is 6.55 Å². The number of halogens is 2. The molecule has 0 radical (unpaired) electrons. The topological polar surface area (TPSA) is 135 Å². The number of fused-ring (bicyclic) bond motifs is 1. The molecule has 0 spiro atoms. The number of alkyl halides is 2. The van der Waals surface area contributed by atoms with Crippen LogP contribution in [0, 0.1) is 5.41 Å². The van der Waals surface area contributed by atoms with Gasteiger partial charge in [0.25, 0.3) is 0 Å². The lowest BCUT2D eigenvalue weighted by atomic mass is 9.82. The molecule has 2 saturated heterocycles. The molecule has 0 saturated carbocycles. The molecule has 0 aliphatic carbocycles. The second-order valence-corrected chi connectivity index (χ2v) is 11.1. The average molecular weight is 573 g/mol. The highest BCUT2D eigenvalue weighted by Gasteiger charge is 2.43. The third-order valence-corrected chi connectivity index (χ3v) is 7.25. The Bertz CT molecular complexity index is 1430. The van der Waals surface area contributed by atoms with Crippen LogP contribution in [0.5, 0.6) is 0 Å². The molecule has 2 aliphatic heterocycles. The quantitative estimate of drug-likeness (QED) is 0.389. The Morgan fingerprint density at radius 3 is 2.63 bits per heavy atom. The Morgan fingerprint density at radius 1 is 1.22 bits per heavy atom. The number of amides is 2. The first-order chi connectivity index (χ1) is 19.6. The van der Waals surface area contributed by atoms with E-state index in [0.29, 0.717) is 72.6 Å². The maximum atomic E-state index is 13.2. The van der Waals surface area contributed by atoms with Crippen molar-refractivity contribution < 1.29 is 23.1 Å². The molecule has 3 aromatic heterocycles. The van der Waals surface area contributed by atoms with E-state index in [1.807, 2.05) is 25.7 Å². The number of hydrogen-bond acceptors (Lipinski definition) is 9. The third kappa shape index (κ3) is 5.85. The molecule has 41 heavy (non-hydrogen) atoms. The van der Waals surface area contributed by atoms with E-state index >= 15 is 0 Å². The van der Waals surface area contributed by atoms with Gasteiger partial charge in [0.1, 0.15) is 6.33 Å². The van der Waals surface area contributed by atoms with Gasteiger partial charge in [0.15, 0.2) is 17.0 Å². The first-order valence-corrected chi connectivity index (χ1v) is 13.4. The van der Waals surface area contributed by atoms with Crippen LogP contribution in [-0.2, 0) is 14.3 Å². The van der Waals surface area contributed by atoms with Crippen LogP contribution in [0.3, 0.4) is 0 Å². The highest BCUT2D eigenvalue weighted by atomic mass is 19.3. The van der Waals surface area contributed by atoms with Crippen LogP contribution >= 0.6 is 0 Å². The molecule has 15 heteroatoms. The Kier molecular flexibility index (Phi) is 7.89. The van der Waals surface area contributed by atoms with Crippen LogP contribution in [0.4, 0.5) is 20.5 Å². The van der Waals surface area contributed by atoms with Crippen molar-refractivity contribution in [1.29, 1.82) is 0 Å². The number of aromatic nitrogens is 6. The molecule has 0 unspecified atom stereocenters. The second-order valence-electron chi connectivity index (χ2n) is 11.1. The maximum Gasteiger partial charge on any atom is 0.333 e. The largest absolute Gasteiger partial charge is 0.378 e. The van der Waals surface area contributed by atoms with Gasteiger partial charge < -0.3 is 25.2 Å².